The number of aromatic nitrogens is 2. The number of hydrogen-bond acceptors (Lipinski definition) is 3. The molecule has 6 heteroatoms. The summed E-state index contributed by atoms with van der Waals surface area (Å²) in [6.07, 6.45) is 3.76. The van der Waals surface area contributed by atoms with Gasteiger partial charge in [-0.15, -0.1) is 0 Å². The Hall–Kier alpha value is -0.850. The molecule has 0 unspecified atom stereocenters. The molecule has 0 spiro atoms. The minimum atomic E-state index is 0.000745. The van der Waals surface area contributed by atoms with E-state index in [-0.39, 0.29) is 6.61 Å². The van der Waals surface area contributed by atoms with Crippen LogP contribution in [0, 0.1) is 0 Å². The van der Waals surface area contributed by atoms with E-state index in [0.717, 1.165) is 32.4 Å². The third-order valence-electron chi connectivity index (χ3n) is 2.63. The molecular formula is C13H14Br2N2O2. The summed E-state index contributed by atoms with van der Waals surface area (Å²) in [7, 11) is 0. The molecule has 1 aromatic carbocycles. The first-order valence-electron chi connectivity index (χ1n) is 5.87. The van der Waals surface area contributed by atoms with Gasteiger partial charge >= 0.3 is 0 Å². The summed E-state index contributed by atoms with van der Waals surface area (Å²) in [5.41, 5.74) is 1.84. The van der Waals surface area contributed by atoms with Crippen LogP contribution in [0.4, 0.5) is 0 Å². The molecule has 0 aliphatic carbocycles. The largest absolute Gasteiger partial charge is 0.486 e. The molecule has 1 aromatic heterocycles. The van der Waals surface area contributed by atoms with Gasteiger partial charge in [0.2, 0.25) is 0 Å². The maximum atomic E-state index is 9.12. The molecule has 1 N–H and O–H groups in total. The predicted octanol–water partition coefficient (Wildman–Crippen LogP) is 3.50. The fraction of sp³-hybridized carbons (Fsp3) is 0.308. The number of aryl methyl sites for hydroxylation is 1. The highest BCUT2D eigenvalue weighted by Gasteiger charge is 2.09. The van der Waals surface area contributed by atoms with Crippen molar-refractivity contribution in [3.05, 3.63) is 44.6 Å². The molecule has 2 rings (SSSR count). The van der Waals surface area contributed by atoms with Crippen LogP contribution in [0.5, 0.6) is 5.75 Å². The highest BCUT2D eigenvalue weighted by molar-refractivity contribution is 9.11. The van der Waals surface area contributed by atoms with E-state index < -0.39 is 0 Å². The van der Waals surface area contributed by atoms with Crippen LogP contribution in [0.15, 0.2) is 33.5 Å². The van der Waals surface area contributed by atoms with E-state index in [4.69, 9.17) is 9.84 Å². The van der Waals surface area contributed by atoms with Crippen molar-refractivity contribution in [3.8, 4) is 5.75 Å². The van der Waals surface area contributed by atoms with Crippen LogP contribution < -0.4 is 4.74 Å². The Balaban J connectivity index is 2.11. The monoisotopic (exact) mass is 388 g/mol. The van der Waals surface area contributed by atoms with Crippen LogP contribution in [0.1, 0.15) is 18.1 Å². The van der Waals surface area contributed by atoms with E-state index in [1.165, 1.54) is 0 Å². The zero-order valence-electron chi connectivity index (χ0n) is 10.4. The molecule has 0 saturated heterocycles. The first-order valence-corrected chi connectivity index (χ1v) is 7.45. The van der Waals surface area contributed by atoms with Crippen molar-refractivity contribution in [2.24, 2.45) is 0 Å². The van der Waals surface area contributed by atoms with Crippen molar-refractivity contribution in [1.82, 2.24) is 9.78 Å². The third kappa shape index (κ3) is 3.58. The predicted molar refractivity (Wildman–Crippen MR) is 80.0 cm³/mol. The lowest BCUT2D eigenvalue weighted by Crippen LogP contribution is -1.97. The van der Waals surface area contributed by atoms with Crippen LogP contribution in [-0.4, -0.2) is 14.9 Å². The number of aliphatic hydroxyl groups is 1. The van der Waals surface area contributed by atoms with E-state index in [9.17, 15) is 0 Å². The van der Waals surface area contributed by atoms with E-state index in [0.29, 0.717) is 6.61 Å². The number of ether oxygens (including phenoxy) is 1. The van der Waals surface area contributed by atoms with E-state index in [1.807, 2.05) is 29.9 Å². The van der Waals surface area contributed by atoms with Gasteiger partial charge in [-0.05, 0) is 56.5 Å². The van der Waals surface area contributed by atoms with Gasteiger partial charge in [0.05, 0.1) is 21.7 Å². The SMILES string of the molecule is CCn1cc(COc2c(Br)cc(CO)cc2Br)cn1. The van der Waals surface area contributed by atoms with Crippen molar-refractivity contribution in [3.63, 3.8) is 0 Å². The molecule has 4 nitrogen and oxygen atoms in total. The number of nitrogens with zero attached hydrogens (tertiary/aromatic N) is 2. The lowest BCUT2D eigenvalue weighted by molar-refractivity contribution is 0.280. The van der Waals surface area contributed by atoms with Crippen molar-refractivity contribution in [2.45, 2.75) is 26.7 Å². The van der Waals surface area contributed by atoms with Gasteiger partial charge < -0.3 is 9.84 Å². The lowest BCUT2D eigenvalue weighted by Gasteiger charge is -2.10. The molecule has 19 heavy (non-hydrogen) atoms. The Labute approximate surface area is 128 Å². The second-order valence-electron chi connectivity index (χ2n) is 4.04. The first kappa shape index (κ1) is 14.6. The maximum Gasteiger partial charge on any atom is 0.148 e. The number of rotatable bonds is 5. The molecule has 0 fully saturated rings. The molecule has 1 heterocycles. The number of halogens is 2. The fourth-order valence-electron chi connectivity index (χ4n) is 1.65. The normalized spacial score (nSPS) is 10.7. The van der Waals surface area contributed by atoms with E-state index in [1.54, 1.807) is 6.20 Å². The van der Waals surface area contributed by atoms with Crippen LogP contribution in [0.25, 0.3) is 0 Å². The third-order valence-corrected chi connectivity index (χ3v) is 3.81. The summed E-state index contributed by atoms with van der Waals surface area (Å²) < 4.78 is 9.27. The smallest absolute Gasteiger partial charge is 0.148 e. The summed E-state index contributed by atoms with van der Waals surface area (Å²) in [6, 6.07) is 3.69. The quantitative estimate of drug-likeness (QED) is 0.851. The molecule has 0 atom stereocenters. The summed E-state index contributed by atoms with van der Waals surface area (Å²) in [4.78, 5) is 0. The van der Waals surface area contributed by atoms with Crippen molar-refractivity contribution in [1.29, 1.82) is 0 Å². The van der Waals surface area contributed by atoms with Gasteiger partial charge in [0.25, 0.3) is 0 Å². The minimum absolute atomic E-state index is 0.000745. The zero-order valence-corrected chi connectivity index (χ0v) is 13.6. The highest BCUT2D eigenvalue weighted by Crippen LogP contribution is 2.35. The fourth-order valence-corrected chi connectivity index (χ4v) is 3.16. The van der Waals surface area contributed by atoms with Crippen LogP contribution >= 0.6 is 31.9 Å². The van der Waals surface area contributed by atoms with Gasteiger partial charge in [0.1, 0.15) is 12.4 Å². The Bertz CT molecular complexity index is 547. The molecule has 0 amide bonds. The summed E-state index contributed by atoms with van der Waals surface area (Å²) >= 11 is 6.89. The Kier molecular flexibility index (Phi) is 5.01. The van der Waals surface area contributed by atoms with Crippen LogP contribution in [0.3, 0.4) is 0 Å². The standard InChI is InChI=1S/C13H14Br2N2O2/c1-2-17-6-10(5-16-17)8-19-13-11(14)3-9(7-18)4-12(13)15/h3-6,18H,2,7-8H2,1H3. The number of aliphatic hydroxyl groups excluding tert-OH is 1. The maximum absolute atomic E-state index is 9.12. The van der Waals surface area contributed by atoms with E-state index in [2.05, 4.69) is 37.0 Å². The number of benzene rings is 1. The topological polar surface area (TPSA) is 47.3 Å². The van der Waals surface area contributed by atoms with Gasteiger partial charge in [0.15, 0.2) is 0 Å². The van der Waals surface area contributed by atoms with Gasteiger partial charge in [-0.25, -0.2) is 0 Å². The van der Waals surface area contributed by atoms with Crippen molar-refractivity contribution in [2.75, 3.05) is 0 Å². The molecule has 0 bridgehead atoms. The van der Waals surface area contributed by atoms with Gasteiger partial charge in [0, 0.05) is 18.3 Å². The molecule has 0 aliphatic heterocycles. The zero-order chi connectivity index (χ0) is 13.8. The Morgan fingerprint density at radius 3 is 2.47 bits per heavy atom. The van der Waals surface area contributed by atoms with E-state index >= 15 is 0 Å². The molecule has 0 radical (unpaired) electrons. The van der Waals surface area contributed by atoms with Crippen LogP contribution in [0.2, 0.25) is 0 Å². The number of hydrogen-bond donors (Lipinski definition) is 1. The second-order valence-corrected chi connectivity index (χ2v) is 5.75. The molecular weight excluding hydrogens is 376 g/mol. The molecule has 0 saturated carbocycles. The van der Waals surface area contributed by atoms with Crippen molar-refractivity contribution >= 4 is 31.9 Å². The highest BCUT2D eigenvalue weighted by atomic mass is 79.9. The summed E-state index contributed by atoms with van der Waals surface area (Å²) in [5, 5.41) is 13.3. The van der Waals surface area contributed by atoms with Gasteiger partial charge in [-0.2, -0.15) is 5.10 Å². The van der Waals surface area contributed by atoms with Gasteiger partial charge in [-0.1, -0.05) is 0 Å². The molecule has 0 aliphatic rings. The molecule has 102 valence electrons. The van der Waals surface area contributed by atoms with Crippen LogP contribution in [-0.2, 0) is 19.8 Å². The Morgan fingerprint density at radius 2 is 1.95 bits per heavy atom. The van der Waals surface area contributed by atoms with Gasteiger partial charge in [-0.3, -0.25) is 4.68 Å². The first-order chi connectivity index (χ1) is 9.13. The average Bonchev–Trinajstić information content (AvgIpc) is 2.85. The second kappa shape index (κ2) is 6.54. The summed E-state index contributed by atoms with van der Waals surface area (Å²) in [6.45, 7) is 3.34. The minimum Gasteiger partial charge on any atom is -0.486 e. The van der Waals surface area contributed by atoms with Crippen molar-refractivity contribution < 1.29 is 9.84 Å². The summed E-state index contributed by atoms with van der Waals surface area (Å²) in [5.74, 6) is 0.724. The average molecular weight is 390 g/mol. The Morgan fingerprint density at radius 1 is 1.26 bits per heavy atom. The lowest BCUT2D eigenvalue weighted by atomic mass is 10.2. The molecule has 2 aromatic rings.